The summed E-state index contributed by atoms with van der Waals surface area (Å²) >= 11 is 0. The van der Waals surface area contributed by atoms with E-state index in [1.807, 2.05) is 16.9 Å². The number of nitrogens with one attached hydrogen (secondary N) is 2. The third kappa shape index (κ3) is 5.51. The van der Waals surface area contributed by atoms with E-state index in [1.165, 1.54) is 0 Å². The maximum absolute atomic E-state index is 9.28. The Morgan fingerprint density at radius 2 is 2.39 bits per heavy atom. The quantitative estimate of drug-likeness (QED) is 0.478. The summed E-state index contributed by atoms with van der Waals surface area (Å²) < 4.78 is 7.45. The molecule has 7 nitrogen and oxygen atoms in total. The molecule has 2 heterocycles. The Hall–Kier alpha value is -1.60. The van der Waals surface area contributed by atoms with E-state index in [0.717, 1.165) is 45.0 Å². The third-order valence-electron chi connectivity index (χ3n) is 4.36. The van der Waals surface area contributed by atoms with Gasteiger partial charge in [-0.25, -0.2) is 0 Å². The molecule has 0 bridgehead atoms. The maximum Gasteiger partial charge on any atom is 0.191 e. The number of ether oxygens (including phenoxy) is 1. The molecule has 0 aliphatic carbocycles. The van der Waals surface area contributed by atoms with Crippen LogP contribution in [0.2, 0.25) is 0 Å². The minimum atomic E-state index is 0.0209. The van der Waals surface area contributed by atoms with E-state index in [4.69, 9.17) is 4.74 Å². The van der Waals surface area contributed by atoms with E-state index in [-0.39, 0.29) is 12.0 Å². The lowest BCUT2D eigenvalue weighted by Gasteiger charge is -2.28. The SMILES string of the molecule is CN=C(NCC(C)Cn1cccn1)NCC1(CCO)CCOC1. The lowest BCUT2D eigenvalue weighted by molar-refractivity contribution is 0.127. The van der Waals surface area contributed by atoms with Crippen LogP contribution >= 0.6 is 0 Å². The first-order valence-electron chi connectivity index (χ1n) is 8.28. The monoisotopic (exact) mass is 323 g/mol. The van der Waals surface area contributed by atoms with Crippen molar-refractivity contribution in [3.05, 3.63) is 18.5 Å². The molecule has 1 fully saturated rings. The first-order valence-corrected chi connectivity index (χ1v) is 8.28. The Labute approximate surface area is 138 Å². The summed E-state index contributed by atoms with van der Waals surface area (Å²) in [5.41, 5.74) is 0.0209. The smallest absolute Gasteiger partial charge is 0.191 e. The zero-order valence-corrected chi connectivity index (χ0v) is 14.2. The van der Waals surface area contributed by atoms with E-state index >= 15 is 0 Å². The van der Waals surface area contributed by atoms with Crippen LogP contribution in [-0.2, 0) is 11.3 Å². The van der Waals surface area contributed by atoms with Gasteiger partial charge in [-0.3, -0.25) is 9.67 Å². The predicted octanol–water partition coefficient (Wildman–Crippen LogP) is 0.473. The molecule has 1 aromatic rings. The van der Waals surface area contributed by atoms with Gasteiger partial charge < -0.3 is 20.5 Å². The highest BCUT2D eigenvalue weighted by Gasteiger charge is 2.34. The average Bonchev–Trinajstić information content (AvgIpc) is 3.20. The van der Waals surface area contributed by atoms with Crippen LogP contribution in [-0.4, -0.2) is 60.8 Å². The number of nitrogens with zero attached hydrogens (tertiary/aromatic N) is 3. The minimum absolute atomic E-state index is 0.0209. The second-order valence-corrected chi connectivity index (χ2v) is 6.42. The summed E-state index contributed by atoms with van der Waals surface area (Å²) in [6, 6.07) is 1.94. The van der Waals surface area contributed by atoms with Crippen molar-refractivity contribution in [2.24, 2.45) is 16.3 Å². The molecule has 2 atom stereocenters. The molecule has 1 aromatic heterocycles. The topological polar surface area (TPSA) is 83.7 Å². The molecule has 0 saturated carbocycles. The molecule has 130 valence electrons. The van der Waals surface area contributed by atoms with Crippen LogP contribution in [0.25, 0.3) is 0 Å². The number of aromatic nitrogens is 2. The van der Waals surface area contributed by atoms with Crippen molar-refractivity contribution >= 4 is 5.96 Å². The molecule has 0 spiro atoms. The second-order valence-electron chi connectivity index (χ2n) is 6.42. The Kier molecular flexibility index (Phi) is 6.85. The van der Waals surface area contributed by atoms with Crippen LogP contribution in [0.15, 0.2) is 23.5 Å². The number of aliphatic hydroxyl groups is 1. The van der Waals surface area contributed by atoms with Gasteiger partial charge in [0.25, 0.3) is 0 Å². The zero-order chi connectivity index (χ0) is 16.5. The molecule has 1 aliphatic heterocycles. The van der Waals surface area contributed by atoms with Crippen LogP contribution in [0.5, 0.6) is 0 Å². The van der Waals surface area contributed by atoms with Crippen molar-refractivity contribution in [2.45, 2.75) is 26.3 Å². The molecular weight excluding hydrogens is 294 g/mol. The number of aliphatic imine (C=N–C) groups is 1. The van der Waals surface area contributed by atoms with Crippen molar-refractivity contribution in [2.75, 3.05) is 40.0 Å². The van der Waals surface area contributed by atoms with Crippen LogP contribution in [0, 0.1) is 11.3 Å². The molecule has 1 saturated heterocycles. The van der Waals surface area contributed by atoms with Gasteiger partial charge in [0, 0.05) is 57.7 Å². The molecule has 2 rings (SSSR count). The van der Waals surface area contributed by atoms with Gasteiger partial charge in [0.1, 0.15) is 0 Å². The Morgan fingerprint density at radius 1 is 1.52 bits per heavy atom. The standard InChI is InChI=1S/C16H29N5O2/c1-14(11-21-7-3-6-20-21)10-18-15(17-2)19-12-16(4-8-22)5-9-23-13-16/h3,6-7,14,22H,4-5,8-13H2,1-2H3,(H2,17,18,19). The van der Waals surface area contributed by atoms with Gasteiger partial charge in [-0.2, -0.15) is 5.10 Å². The summed E-state index contributed by atoms with van der Waals surface area (Å²) in [7, 11) is 1.78. The highest BCUT2D eigenvalue weighted by molar-refractivity contribution is 5.79. The van der Waals surface area contributed by atoms with Crippen LogP contribution in [0.3, 0.4) is 0 Å². The first kappa shape index (κ1) is 17.7. The number of aliphatic hydroxyl groups excluding tert-OH is 1. The van der Waals surface area contributed by atoms with Gasteiger partial charge in [-0.15, -0.1) is 0 Å². The maximum atomic E-state index is 9.28. The number of hydrogen-bond donors (Lipinski definition) is 3. The van der Waals surface area contributed by atoms with Gasteiger partial charge in [-0.1, -0.05) is 6.92 Å². The normalized spacial score (nSPS) is 23.0. The summed E-state index contributed by atoms with van der Waals surface area (Å²) in [5.74, 6) is 1.23. The van der Waals surface area contributed by atoms with E-state index in [0.29, 0.717) is 12.5 Å². The Balaban J connectivity index is 1.74. The third-order valence-corrected chi connectivity index (χ3v) is 4.36. The highest BCUT2D eigenvalue weighted by atomic mass is 16.5. The Bertz CT molecular complexity index is 469. The zero-order valence-electron chi connectivity index (χ0n) is 14.2. The van der Waals surface area contributed by atoms with E-state index in [9.17, 15) is 5.11 Å². The first-order chi connectivity index (χ1) is 11.2. The number of hydrogen-bond acceptors (Lipinski definition) is 4. The van der Waals surface area contributed by atoms with E-state index < -0.39 is 0 Å². The van der Waals surface area contributed by atoms with Crippen molar-refractivity contribution in [1.29, 1.82) is 0 Å². The summed E-state index contributed by atoms with van der Waals surface area (Å²) in [5, 5.41) is 20.2. The van der Waals surface area contributed by atoms with Gasteiger partial charge >= 0.3 is 0 Å². The summed E-state index contributed by atoms with van der Waals surface area (Å²) in [6.45, 7) is 6.31. The lowest BCUT2D eigenvalue weighted by atomic mass is 9.84. The molecule has 0 aromatic carbocycles. The number of guanidine groups is 1. The fourth-order valence-electron chi connectivity index (χ4n) is 2.87. The predicted molar refractivity (Wildman–Crippen MR) is 90.3 cm³/mol. The van der Waals surface area contributed by atoms with Crippen molar-refractivity contribution in [3.8, 4) is 0 Å². The Morgan fingerprint density at radius 3 is 3.00 bits per heavy atom. The lowest BCUT2D eigenvalue weighted by Crippen LogP contribution is -2.45. The molecule has 23 heavy (non-hydrogen) atoms. The van der Waals surface area contributed by atoms with E-state index in [1.54, 1.807) is 13.2 Å². The van der Waals surface area contributed by atoms with Gasteiger partial charge in [-0.05, 0) is 24.8 Å². The average molecular weight is 323 g/mol. The van der Waals surface area contributed by atoms with E-state index in [2.05, 4.69) is 27.6 Å². The molecule has 3 N–H and O–H groups in total. The van der Waals surface area contributed by atoms with Gasteiger partial charge in [0.15, 0.2) is 5.96 Å². The molecule has 2 unspecified atom stereocenters. The van der Waals surface area contributed by atoms with Gasteiger partial charge in [0.05, 0.1) is 6.61 Å². The summed E-state index contributed by atoms with van der Waals surface area (Å²) in [6.07, 6.45) is 5.51. The molecule has 7 heteroatoms. The fourth-order valence-corrected chi connectivity index (χ4v) is 2.87. The molecule has 0 amide bonds. The van der Waals surface area contributed by atoms with Crippen LogP contribution < -0.4 is 10.6 Å². The highest BCUT2D eigenvalue weighted by Crippen LogP contribution is 2.31. The van der Waals surface area contributed by atoms with Crippen LogP contribution in [0.1, 0.15) is 19.8 Å². The molecular formula is C16H29N5O2. The van der Waals surface area contributed by atoms with Crippen LogP contribution in [0.4, 0.5) is 0 Å². The van der Waals surface area contributed by atoms with Crippen molar-refractivity contribution in [1.82, 2.24) is 20.4 Å². The molecule has 0 radical (unpaired) electrons. The van der Waals surface area contributed by atoms with Crippen molar-refractivity contribution < 1.29 is 9.84 Å². The number of rotatable bonds is 8. The van der Waals surface area contributed by atoms with Gasteiger partial charge in [0.2, 0.25) is 0 Å². The van der Waals surface area contributed by atoms with Crippen molar-refractivity contribution in [3.63, 3.8) is 0 Å². The fraction of sp³-hybridized carbons (Fsp3) is 0.750. The second kappa shape index (κ2) is 8.88. The summed E-state index contributed by atoms with van der Waals surface area (Å²) in [4.78, 5) is 4.28. The largest absolute Gasteiger partial charge is 0.396 e. The molecule has 1 aliphatic rings. The minimum Gasteiger partial charge on any atom is -0.396 e.